The van der Waals surface area contributed by atoms with Crippen LogP contribution in [-0.2, 0) is 10.0 Å². The molecule has 0 spiro atoms. The van der Waals surface area contributed by atoms with E-state index in [1.807, 2.05) is 6.92 Å². The normalized spacial score (nSPS) is 11.2. The first-order valence-electron chi connectivity index (χ1n) is 8.60. The number of hydrogen-bond donors (Lipinski definition) is 1. The van der Waals surface area contributed by atoms with E-state index in [1.165, 1.54) is 37.4 Å². The molecule has 1 N–H and O–H groups in total. The van der Waals surface area contributed by atoms with Gasteiger partial charge in [-0.05, 0) is 73.2 Å². The van der Waals surface area contributed by atoms with E-state index < -0.39 is 10.0 Å². The third kappa shape index (κ3) is 4.72. The number of aryl methyl sites for hydroxylation is 1. The van der Waals surface area contributed by atoms with Gasteiger partial charge in [-0.1, -0.05) is 29.3 Å². The number of nitrogens with zero attached hydrogens (tertiary/aromatic N) is 1. The summed E-state index contributed by atoms with van der Waals surface area (Å²) < 4.78 is 26.9. The number of rotatable bonds is 5. The summed E-state index contributed by atoms with van der Waals surface area (Å²) in [7, 11) is -2.36. The van der Waals surface area contributed by atoms with Crippen molar-refractivity contribution in [2.75, 3.05) is 16.7 Å². The van der Waals surface area contributed by atoms with Crippen molar-refractivity contribution in [1.82, 2.24) is 0 Å². The summed E-state index contributed by atoms with van der Waals surface area (Å²) in [5.74, 6) is -0.352. The van der Waals surface area contributed by atoms with Crippen molar-refractivity contribution in [3.63, 3.8) is 0 Å². The molecule has 0 heterocycles. The van der Waals surface area contributed by atoms with Crippen molar-refractivity contribution in [3.8, 4) is 0 Å². The van der Waals surface area contributed by atoms with E-state index in [0.717, 1.165) is 9.87 Å². The van der Waals surface area contributed by atoms with E-state index in [1.54, 1.807) is 36.4 Å². The Balaban J connectivity index is 1.86. The lowest BCUT2D eigenvalue weighted by Crippen LogP contribution is -2.26. The Labute approximate surface area is 179 Å². The molecule has 3 aromatic rings. The number of sulfonamides is 1. The van der Waals surface area contributed by atoms with Crippen LogP contribution in [0.5, 0.6) is 0 Å². The summed E-state index contributed by atoms with van der Waals surface area (Å²) in [4.78, 5) is 12.8. The van der Waals surface area contributed by atoms with Crippen molar-refractivity contribution in [2.24, 2.45) is 0 Å². The minimum Gasteiger partial charge on any atom is -0.322 e. The van der Waals surface area contributed by atoms with Gasteiger partial charge in [0.05, 0.1) is 10.6 Å². The lowest BCUT2D eigenvalue weighted by atomic mass is 10.1. The Morgan fingerprint density at radius 3 is 2.24 bits per heavy atom. The summed E-state index contributed by atoms with van der Waals surface area (Å²) in [5.41, 5.74) is 2.15. The average molecular weight is 449 g/mol. The molecule has 0 fully saturated rings. The topological polar surface area (TPSA) is 66.5 Å². The number of carbonyl (C=O) groups excluding carboxylic acids is 1. The van der Waals surface area contributed by atoms with E-state index in [4.69, 9.17) is 23.2 Å². The highest BCUT2D eigenvalue weighted by atomic mass is 35.5. The number of nitrogens with one attached hydrogen (secondary N) is 1. The van der Waals surface area contributed by atoms with Crippen LogP contribution in [-0.4, -0.2) is 21.4 Å². The molecule has 0 aliphatic carbocycles. The number of halogens is 2. The van der Waals surface area contributed by atoms with E-state index in [9.17, 15) is 13.2 Å². The maximum Gasteiger partial charge on any atom is 0.264 e. The zero-order valence-electron chi connectivity index (χ0n) is 15.7. The summed E-state index contributed by atoms with van der Waals surface area (Å²) in [5, 5.41) is 3.84. The lowest BCUT2D eigenvalue weighted by molar-refractivity contribution is 0.102. The van der Waals surface area contributed by atoms with Gasteiger partial charge in [0.2, 0.25) is 0 Å². The lowest BCUT2D eigenvalue weighted by Gasteiger charge is -2.20. The van der Waals surface area contributed by atoms with Crippen molar-refractivity contribution >= 4 is 50.5 Å². The van der Waals surface area contributed by atoms with E-state index >= 15 is 0 Å². The first-order chi connectivity index (χ1) is 13.7. The smallest absolute Gasteiger partial charge is 0.264 e. The van der Waals surface area contributed by atoms with Gasteiger partial charge in [0, 0.05) is 28.3 Å². The van der Waals surface area contributed by atoms with E-state index in [0.29, 0.717) is 27.0 Å². The quantitative estimate of drug-likeness (QED) is 0.569. The van der Waals surface area contributed by atoms with Crippen molar-refractivity contribution < 1.29 is 13.2 Å². The molecule has 1 amide bonds. The number of amides is 1. The third-order valence-corrected chi connectivity index (χ3v) is 6.67. The van der Waals surface area contributed by atoms with E-state index in [2.05, 4.69) is 5.32 Å². The molecule has 0 bridgehead atoms. The highest BCUT2D eigenvalue weighted by molar-refractivity contribution is 7.92. The maximum absolute atomic E-state index is 12.9. The predicted molar refractivity (Wildman–Crippen MR) is 118 cm³/mol. The Bertz CT molecular complexity index is 1160. The molecule has 0 aliphatic rings. The molecule has 5 nitrogen and oxygen atoms in total. The minimum absolute atomic E-state index is 0.107. The minimum atomic E-state index is -3.79. The van der Waals surface area contributed by atoms with Crippen LogP contribution in [0, 0.1) is 6.92 Å². The van der Waals surface area contributed by atoms with Crippen molar-refractivity contribution in [3.05, 3.63) is 87.9 Å². The molecule has 29 heavy (non-hydrogen) atoms. The summed E-state index contributed by atoms with van der Waals surface area (Å²) >= 11 is 11.8. The van der Waals surface area contributed by atoms with Gasteiger partial charge in [-0.15, -0.1) is 0 Å². The molecule has 0 saturated heterocycles. The SMILES string of the molecule is Cc1cc(Cl)ccc1NC(=O)c1cccc(N(C)S(=O)(=O)c2ccc(Cl)cc2)c1. The molecule has 0 radical (unpaired) electrons. The van der Waals surface area contributed by atoms with Gasteiger partial charge in [0.25, 0.3) is 15.9 Å². The molecule has 8 heteroatoms. The molecule has 0 unspecified atom stereocenters. The zero-order chi connectivity index (χ0) is 21.2. The molecule has 3 aromatic carbocycles. The monoisotopic (exact) mass is 448 g/mol. The number of carbonyl (C=O) groups is 1. The standard InChI is InChI=1S/C21H18Cl2N2O3S/c1-14-12-17(23)8-11-20(14)24-21(26)15-4-3-5-18(13-15)25(2)29(27,28)19-9-6-16(22)7-10-19/h3-13H,1-2H3,(H,24,26). The summed E-state index contributed by atoms with van der Waals surface area (Å²) in [6, 6.07) is 17.5. The van der Waals surface area contributed by atoms with Crippen LogP contribution in [0.1, 0.15) is 15.9 Å². The van der Waals surface area contributed by atoms with Gasteiger partial charge in [0.1, 0.15) is 0 Å². The fourth-order valence-corrected chi connectivity index (χ4v) is 4.25. The van der Waals surface area contributed by atoms with Crippen LogP contribution in [0.15, 0.2) is 71.6 Å². The van der Waals surface area contributed by atoms with Crippen molar-refractivity contribution in [2.45, 2.75) is 11.8 Å². The van der Waals surface area contributed by atoms with Crippen LogP contribution >= 0.6 is 23.2 Å². The fraction of sp³-hybridized carbons (Fsp3) is 0.0952. The van der Waals surface area contributed by atoms with Crippen LogP contribution in [0.25, 0.3) is 0 Å². The fourth-order valence-electron chi connectivity index (χ4n) is 2.71. The molecule has 150 valence electrons. The van der Waals surface area contributed by atoms with Crippen molar-refractivity contribution in [1.29, 1.82) is 0 Å². The number of anilines is 2. The molecular weight excluding hydrogens is 431 g/mol. The third-order valence-electron chi connectivity index (χ3n) is 4.38. The van der Waals surface area contributed by atoms with Crippen LogP contribution in [0.2, 0.25) is 10.0 Å². The molecule has 3 rings (SSSR count). The second kappa shape index (κ2) is 8.45. The second-order valence-electron chi connectivity index (χ2n) is 6.39. The van der Waals surface area contributed by atoms with Gasteiger partial charge in [0.15, 0.2) is 0 Å². The molecule has 0 aliphatic heterocycles. The first-order valence-corrected chi connectivity index (χ1v) is 10.8. The van der Waals surface area contributed by atoms with Crippen LogP contribution < -0.4 is 9.62 Å². The molecule has 0 aromatic heterocycles. The summed E-state index contributed by atoms with van der Waals surface area (Å²) in [6.07, 6.45) is 0. The second-order valence-corrected chi connectivity index (χ2v) is 9.23. The Morgan fingerprint density at radius 1 is 0.931 bits per heavy atom. The Kier molecular flexibility index (Phi) is 6.17. The van der Waals surface area contributed by atoms with Gasteiger partial charge >= 0.3 is 0 Å². The van der Waals surface area contributed by atoms with Gasteiger partial charge < -0.3 is 5.32 Å². The molecular formula is C21H18Cl2N2O3S. The average Bonchev–Trinajstić information content (AvgIpc) is 2.70. The molecule has 0 saturated carbocycles. The summed E-state index contributed by atoms with van der Waals surface area (Å²) in [6.45, 7) is 1.84. The highest BCUT2D eigenvalue weighted by Crippen LogP contribution is 2.25. The number of hydrogen-bond acceptors (Lipinski definition) is 3. The Hall–Kier alpha value is -2.54. The highest BCUT2D eigenvalue weighted by Gasteiger charge is 2.22. The van der Waals surface area contributed by atoms with Gasteiger partial charge in [-0.25, -0.2) is 8.42 Å². The van der Waals surface area contributed by atoms with Crippen LogP contribution in [0.3, 0.4) is 0 Å². The van der Waals surface area contributed by atoms with Crippen LogP contribution in [0.4, 0.5) is 11.4 Å². The Morgan fingerprint density at radius 2 is 1.59 bits per heavy atom. The van der Waals surface area contributed by atoms with Gasteiger partial charge in [-0.2, -0.15) is 0 Å². The maximum atomic E-state index is 12.9. The predicted octanol–water partition coefficient (Wildman–Crippen LogP) is 5.38. The zero-order valence-corrected chi connectivity index (χ0v) is 18.0. The van der Waals surface area contributed by atoms with E-state index in [-0.39, 0.29) is 10.8 Å². The number of benzene rings is 3. The first kappa shape index (κ1) is 21.2. The van der Waals surface area contributed by atoms with Gasteiger partial charge in [-0.3, -0.25) is 9.10 Å². The largest absolute Gasteiger partial charge is 0.322 e. The molecule has 0 atom stereocenters.